The summed E-state index contributed by atoms with van der Waals surface area (Å²) in [6.45, 7) is 2.91. The lowest BCUT2D eigenvalue weighted by molar-refractivity contribution is -0.121. The molecule has 1 heterocycles. The molecular formula is C15H12F3N5O. The Bertz CT molecular complexity index is 816. The van der Waals surface area contributed by atoms with Crippen molar-refractivity contribution in [1.29, 1.82) is 10.5 Å². The van der Waals surface area contributed by atoms with Crippen molar-refractivity contribution in [3.8, 4) is 12.1 Å². The number of aryl methyl sites for hydroxylation is 1. The van der Waals surface area contributed by atoms with Crippen molar-refractivity contribution < 1.29 is 18.0 Å². The van der Waals surface area contributed by atoms with Crippen molar-refractivity contribution >= 4 is 17.3 Å². The summed E-state index contributed by atoms with van der Waals surface area (Å²) in [5.41, 5.74) is 0.528. The smallest absolute Gasteiger partial charge is 0.323 e. The predicted molar refractivity (Wildman–Crippen MR) is 78.9 cm³/mol. The maximum absolute atomic E-state index is 12.7. The molecular weight excluding hydrogens is 323 g/mol. The molecule has 0 spiro atoms. The first kappa shape index (κ1) is 17.3. The second-order valence-electron chi connectivity index (χ2n) is 5.57. The van der Waals surface area contributed by atoms with E-state index in [2.05, 4.69) is 15.8 Å². The lowest BCUT2D eigenvalue weighted by Crippen LogP contribution is -2.48. The second kappa shape index (κ2) is 5.85. The topological polar surface area (TPSA) is 101 Å². The van der Waals surface area contributed by atoms with Crippen LogP contribution in [-0.2, 0) is 4.79 Å². The molecule has 1 aliphatic rings. The number of hydrogen-bond acceptors (Lipinski definition) is 5. The number of nitrogens with one attached hydrogen (secondary N) is 2. The first-order chi connectivity index (χ1) is 11.1. The number of hydrazone groups is 1. The van der Waals surface area contributed by atoms with Gasteiger partial charge in [0.25, 0.3) is 5.91 Å². The molecule has 6 nitrogen and oxygen atoms in total. The summed E-state index contributed by atoms with van der Waals surface area (Å²) in [5, 5.41) is 23.7. The molecule has 0 saturated carbocycles. The molecule has 0 radical (unpaired) electrons. The largest absolute Gasteiger partial charge is 0.431 e. The van der Waals surface area contributed by atoms with Crippen molar-refractivity contribution in [2.45, 2.75) is 32.0 Å². The molecule has 1 amide bonds. The van der Waals surface area contributed by atoms with E-state index in [-0.39, 0.29) is 16.8 Å². The highest BCUT2D eigenvalue weighted by Crippen LogP contribution is 2.29. The van der Waals surface area contributed by atoms with Crippen LogP contribution in [-0.4, -0.2) is 23.3 Å². The molecule has 1 aliphatic heterocycles. The summed E-state index contributed by atoms with van der Waals surface area (Å²) in [6.07, 6.45) is -5.24. The molecule has 1 aromatic carbocycles. The van der Waals surface area contributed by atoms with Crippen LogP contribution in [0.2, 0.25) is 0 Å². The fourth-order valence-electron chi connectivity index (χ4n) is 2.18. The molecule has 1 atom stereocenters. The van der Waals surface area contributed by atoms with Gasteiger partial charge in [-0.15, -0.1) is 0 Å². The van der Waals surface area contributed by atoms with Gasteiger partial charge >= 0.3 is 6.18 Å². The monoisotopic (exact) mass is 335 g/mol. The third-order valence-electron chi connectivity index (χ3n) is 3.64. The maximum Gasteiger partial charge on any atom is 0.431 e. The van der Waals surface area contributed by atoms with Gasteiger partial charge < -0.3 is 5.32 Å². The second-order valence-corrected chi connectivity index (χ2v) is 5.57. The Balaban J connectivity index is 2.24. The predicted octanol–water partition coefficient (Wildman–Crippen LogP) is 2.35. The Labute approximate surface area is 135 Å². The van der Waals surface area contributed by atoms with Crippen molar-refractivity contribution in [2.24, 2.45) is 5.10 Å². The van der Waals surface area contributed by atoms with Gasteiger partial charge in [0.15, 0.2) is 0 Å². The van der Waals surface area contributed by atoms with E-state index in [1.807, 2.05) is 12.1 Å². The number of hydrogen-bond donors (Lipinski definition) is 2. The van der Waals surface area contributed by atoms with Gasteiger partial charge in [-0.1, -0.05) is 0 Å². The van der Waals surface area contributed by atoms with E-state index < -0.39 is 29.8 Å². The van der Waals surface area contributed by atoms with Crippen LogP contribution in [0.3, 0.4) is 0 Å². The quantitative estimate of drug-likeness (QED) is 0.866. The summed E-state index contributed by atoms with van der Waals surface area (Å²) < 4.78 is 38.0. The minimum Gasteiger partial charge on any atom is -0.323 e. The Kier molecular flexibility index (Phi) is 4.22. The van der Waals surface area contributed by atoms with E-state index >= 15 is 0 Å². The minimum absolute atomic E-state index is 0.0454. The van der Waals surface area contributed by atoms with Gasteiger partial charge in [-0.3, -0.25) is 10.2 Å². The van der Waals surface area contributed by atoms with Gasteiger partial charge in [-0.05, 0) is 31.5 Å². The van der Waals surface area contributed by atoms with Crippen LogP contribution in [0.25, 0.3) is 0 Å². The molecule has 1 unspecified atom stereocenters. The number of amides is 1. The average molecular weight is 335 g/mol. The minimum atomic E-state index is -4.62. The first-order valence-electron chi connectivity index (χ1n) is 6.78. The zero-order valence-corrected chi connectivity index (χ0v) is 12.7. The van der Waals surface area contributed by atoms with Crippen molar-refractivity contribution in [1.82, 2.24) is 5.43 Å². The Morgan fingerprint density at radius 2 is 1.96 bits per heavy atom. The van der Waals surface area contributed by atoms with Gasteiger partial charge in [0.05, 0.1) is 22.9 Å². The van der Waals surface area contributed by atoms with Crippen LogP contribution >= 0.6 is 0 Å². The SMILES string of the molecule is Cc1cc(NC(=O)C2(C)CC(C(F)(F)F)=NN2)c(C#N)cc1C#N. The molecule has 0 aliphatic carbocycles. The number of nitriles is 2. The number of nitrogens with zero attached hydrogens (tertiary/aromatic N) is 3. The molecule has 0 saturated heterocycles. The molecule has 1 aromatic rings. The molecule has 0 aromatic heterocycles. The zero-order chi connectivity index (χ0) is 18.1. The molecule has 2 N–H and O–H groups in total. The summed E-state index contributed by atoms with van der Waals surface area (Å²) in [4.78, 5) is 12.4. The maximum atomic E-state index is 12.7. The third kappa shape index (κ3) is 3.15. The summed E-state index contributed by atoms with van der Waals surface area (Å²) in [7, 11) is 0. The van der Waals surface area contributed by atoms with Crippen LogP contribution in [0, 0.1) is 29.6 Å². The highest BCUT2D eigenvalue weighted by Gasteiger charge is 2.48. The van der Waals surface area contributed by atoms with E-state index in [0.717, 1.165) is 0 Å². The number of carbonyl (C=O) groups excluding carboxylic acids is 1. The van der Waals surface area contributed by atoms with Gasteiger partial charge in [0.2, 0.25) is 0 Å². The molecule has 9 heteroatoms. The number of rotatable bonds is 2. The standard InChI is InChI=1S/C15H12F3N5O/c1-8-3-11(10(7-20)4-9(8)6-19)21-13(24)14(2)5-12(22-23-14)15(16,17)18/h3-4,23H,5H2,1-2H3,(H,21,24). The molecule has 0 bridgehead atoms. The number of benzene rings is 1. The summed E-state index contributed by atoms with van der Waals surface area (Å²) >= 11 is 0. The summed E-state index contributed by atoms with van der Waals surface area (Å²) in [6, 6.07) is 6.50. The van der Waals surface area contributed by atoms with E-state index in [0.29, 0.717) is 5.56 Å². The van der Waals surface area contributed by atoms with E-state index in [9.17, 15) is 18.0 Å². The van der Waals surface area contributed by atoms with Crippen LogP contribution < -0.4 is 10.7 Å². The normalized spacial score (nSPS) is 19.7. The average Bonchev–Trinajstić information content (AvgIpc) is 2.91. The Morgan fingerprint density at radius 1 is 1.33 bits per heavy atom. The number of carbonyl (C=O) groups is 1. The van der Waals surface area contributed by atoms with Crippen molar-refractivity contribution in [3.63, 3.8) is 0 Å². The van der Waals surface area contributed by atoms with Crippen LogP contribution in [0.1, 0.15) is 30.0 Å². The number of anilines is 1. The molecule has 24 heavy (non-hydrogen) atoms. The van der Waals surface area contributed by atoms with Crippen LogP contribution in [0.15, 0.2) is 17.2 Å². The van der Waals surface area contributed by atoms with Crippen LogP contribution in [0.4, 0.5) is 18.9 Å². The fourth-order valence-corrected chi connectivity index (χ4v) is 2.18. The Hall–Kier alpha value is -3.07. The molecule has 0 fully saturated rings. The Morgan fingerprint density at radius 3 is 2.46 bits per heavy atom. The zero-order valence-electron chi connectivity index (χ0n) is 12.7. The molecule has 124 valence electrons. The van der Waals surface area contributed by atoms with E-state index in [1.54, 1.807) is 6.92 Å². The highest BCUT2D eigenvalue weighted by atomic mass is 19.4. The van der Waals surface area contributed by atoms with Gasteiger partial charge in [-0.2, -0.15) is 28.8 Å². The van der Waals surface area contributed by atoms with E-state index in [1.165, 1.54) is 19.1 Å². The highest BCUT2D eigenvalue weighted by molar-refractivity contribution is 6.05. The first-order valence-corrected chi connectivity index (χ1v) is 6.78. The number of alkyl halides is 3. The van der Waals surface area contributed by atoms with E-state index in [4.69, 9.17) is 10.5 Å². The lowest BCUT2D eigenvalue weighted by atomic mass is 9.95. The lowest BCUT2D eigenvalue weighted by Gasteiger charge is -2.23. The fraction of sp³-hybridized carbons (Fsp3) is 0.333. The van der Waals surface area contributed by atoms with Crippen molar-refractivity contribution in [2.75, 3.05) is 5.32 Å². The third-order valence-corrected chi connectivity index (χ3v) is 3.64. The number of halogens is 3. The van der Waals surface area contributed by atoms with Gasteiger partial charge in [0.1, 0.15) is 17.3 Å². The van der Waals surface area contributed by atoms with Crippen LogP contribution in [0.5, 0.6) is 0 Å². The van der Waals surface area contributed by atoms with Crippen molar-refractivity contribution in [3.05, 3.63) is 28.8 Å². The van der Waals surface area contributed by atoms with Gasteiger partial charge in [0, 0.05) is 6.42 Å². The summed E-state index contributed by atoms with van der Waals surface area (Å²) in [5.74, 6) is -0.758. The molecule has 2 rings (SSSR count). The van der Waals surface area contributed by atoms with Gasteiger partial charge in [-0.25, -0.2) is 0 Å².